The van der Waals surface area contributed by atoms with Crippen LogP contribution in [-0.4, -0.2) is 114 Å². The number of hydrogen-bond acceptors (Lipinski definition) is 11. The van der Waals surface area contributed by atoms with E-state index in [4.69, 9.17) is 10.5 Å². The summed E-state index contributed by atoms with van der Waals surface area (Å²) in [4.78, 5) is 50.0. The first kappa shape index (κ1) is 28.1. The summed E-state index contributed by atoms with van der Waals surface area (Å²) >= 11 is 0. The van der Waals surface area contributed by atoms with Gasteiger partial charge in [0.15, 0.2) is 22.8 Å². The van der Waals surface area contributed by atoms with E-state index >= 15 is 0 Å². The van der Waals surface area contributed by atoms with Crippen molar-refractivity contribution in [2.45, 2.75) is 19.6 Å². The van der Waals surface area contributed by atoms with Gasteiger partial charge in [0.2, 0.25) is 11.7 Å². The maximum Gasteiger partial charge on any atom is 0.406 e. The number of carbonyl (C=O) groups excluding carboxylic acids is 2. The van der Waals surface area contributed by atoms with Crippen molar-refractivity contribution in [1.82, 2.24) is 24.4 Å². The number of aromatic nitrogens is 4. The SMILES string of the molecule is C=N/C=C(\C=N/CN)c1nc(N2CCOCC2)c2nc(N3CCN(C(=O)C(C)=O)CC3)n(CC(F)(F)F)c2n1. The largest absolute Gasteiger partial charge is 0.406 e. The molecular formula is C23H29F3N10O3. The molecular weight excluding hydrogens is 521 g/mol. The van der Waals surface area contributed by atoms with Gasteiger partial charge in [-0.3, -0.25) is 24.1 Å². The van der Waals surface area contributed by atoms with Gasteiger partial charge in [-0.1, -0.05) is 0 Å². The first-order valence-electron chi connectivity index (χ1n) is 12.2. The van der Waals surface area contributed by atoms with Crippen LogP contribution in [0.4, 0.5) is 24.9 Å². The van der Waals surface area contributed by atoms with Crippen molar-refractivity contribution in [1.29, 1.82) is 0 Å². The number of hydrogen-bond donors (Lipinski definition) is 1. The minimum absolute atomic E-state index is 0.0211. The maximum absolute atomic E-state index is 13.9. The van der Waals surface area contributed by atoms with Gasteiger partial charge in [-0.25, -0.2) is 15.0 Å². The van der Waals surface area contributed by atoms with Crippen LogP contribution >= 0.6 is 0 Å². The number of Topliss-reactive ketones (excluding diaryl/α,β-unsaturated/α-hetero) is 1. The molecule has 4 rings (SSSR count). The van der Waals surface area contributed by atoms with Crippen molar-refractivity contribution in [2.75, 3.05) is 69.0 Å². The van der Waals surface area contributed by atoms with Crippen LogP contribution in [0.1, 0.15) is 12.7 Å². The van der Waals surface area contributed by atoms with Crippen LogP contribution in [0.3, 0.4) is 0 Å². The number of nitrogens with zero attached hydrogens (tertiary/aromatic N) is 9. The normalized spacial score (nSPS) is 17.4. The van der Waals surface area contributed by atoms with E-state index in [0.29, 0.717) is 37.7 Å². The second-order valence-electron chi connectivity index (χ2n) is 8.85. The molecule has 4 heterocycles. The fourth-order valence-electron chi connectivity index (χ4n) is 4.40. The van der Waals surface area contributed by atoms with Crippen LogP contribution in [0.2, 0.25) is 0 Å². The average Bonchev–Trinajstić information content (AvgIpc) is 3.27. The Morgan fingerprint density at radius 1 is 1.08 bits per heavy atom. The number of fused-ring (bicyclic) bond motifs is 1. The van der Waals surface area contributed by atoms with Crippen molar-refractivity contribution >= 4 is 53.1 Å². The van der Waals surface area contributed by atoms with Crippen LogP contribution in [0.25, 0.3) is 16.7 Å². The van der Waals surface area contributed by atoms with Crippen LogP contribution in [0.5, 0.6) is 0 Å². The summed E-state index contributed by atoms with van der Waals surface area (Å²) < 4.78 is 48.0. The third-order valence-corrected chi connectivity index (χ3v) is 6.18. The van der Waals surface area contributed by atoms with Crippen molar-refractivity contribution in [3.05, 3.63) is 12.0 Å². The maximum atomic E-state index is 13.9. The highest BCUT2D eigenvalue weighted by atomic mass is 19.4. The number of piperazine rings is 1. The van der Waals surface area contributed by atoms with E-state index in [9.17, 15) is 22.8 Å². The Hall–Kier alpha value is -3.92. The highest BCUT2D eigenvalue weighted by molar-refractivity contribution is 6.35. The van der Waals surface area contributed by atoms with E-state index in [1.807, 2.05) is 4.90 Å². The topological polar surface area (TPSA) is 147 Å². The van der Waals surface area contributed by atoms with Gasteiger partial charge in [0.1, 0.15) is 6.54 Å². The standard InChI is InChI=1S/C23H29F3N10O3/c1-15(37)21(38)34-3-5-35(6-4-34)22-30-17-19(33-7-9-39-10-8-33)31-18(16(11-28-2)12-29-14-27)32-20(17)36(22)13-23(24,25)26/h11-12H,2-10,13-14,27H2,1H3/b16-11+,29-12-. The molecule has 2 N–H and O–H groups in total. The Morgan fingerprint density at radius 2 is 1.77 bits per heavy atom. The molecule has 16 heteroatoms. The highest BCUT2D eigenvalue weighted by Gasteiger charge is 2.35. The summed E-state index contributed by atoms with van der Waals surface area (Å²) in [5, 5.41) is 0. The fourth-order valence-corrected chi connectivity index (χ4v) is 4.40. The van der Waals surface area contributed by atoms with Crippen LogP contribution in [0.15, 0.2) is 16.2 Å². The summed E-state index contributed by atoms with van der Waals surface area (Å²) in [5.41, 5.74) is 5.98. The number of ether oxygens (including phenoxy) is 1. The second kappa shape index (κ2) is 11.9. The number of rotatable bonds is 8. The molecule has 2 saturated heterocycles. The van der Waals surface area contributed by atoms with Crippen molar-refractivity contribution in [3.8, 4) is 0 Å². The first-order chi connectivity index (χ1) is 18.6. The zero-order chi connectivity index (χ0) is 28.2. The van der Waals surface area contributed by atoms with Crippen molar-refractivity contribution in [3.63, 3.8) is 0 Å². The molecule has 0 atom stereocenters. The molecule has 2 aromatic heterocycles. The number of imidazole rings is 1. The Kier molecular flexibility index (Phi) is 8.54. The monoisotopic (exact) mass is 550 g/mol. The smallest absolute Gasteiger partial charge is 0.378 e. The fraction of sp³-hybridized carbons (Fsp3) is 0.522. The van der Waals surface area contributed by atoms with E-state index in [1.165, 1.54) is 24.2 Å². The Balaban J connectivity index is 1.87. The van der Waals surface area contributed by atoms with Gasteiger partial charge >= 0.3 is 6.18 Å². The van der Waals surface area contributed by atoms with E-state index in [1.54, 1.807) is 4.90 Å². The lowest BCUT2D eigenvalue weighted by Gasteiger charge is -2.35. The Morgan fingerprint density at radius 3 is 2.36 bits per heavy atom. The van der Waals surface area contributed by atoms with Crippen LogP contribution in [0, 0.1) is 0 Å². The van der Waals surface area contributed by atoms with Gasteiger partial charge in [-0.05, 0) is 6.72 Å². The third-order valence-electron chi connectivity index (χ3n) is 6.18. The minimum Gasteiger partial charge on any atom is -0.378 e. The minimum atomic E-state index is -4.58. The molecule has 0 unspecified atom stereocenters. The highest BCUT2D eigenvalue weighted by Crippen LogP contribution is 2.33. The van der Waals surface area contributed by atoms with Crippen molar-refractivity contribution < 1.29 is 27.5 Å². The summed E-state index contributed by atoms with van der Waals surface area (Å²) in [5.74, 6) is -0.747. The lowest BCUT2D eigenvalue weighted by molar-refractivity contribution is -0.143. The molecule has 1 amide bonds. The lowest BCUT2D eigenvalue weighted by Crippen LogP contribution is -2.51. The summed E-state index contributed by atoms with van der Waals surface area (Å²) in [6, 6.07) is 0. The summed E-state index contributed by atoms with van der Waals surface area (Å²) in [7, 11) is 0. The molecule has 0 saturated carbocycles. The average molecular weight is 551 g/mol. The molecule has 210 valence electrons. The molecule has 2 aliphatic rings. The molecule has 0 aromatic carbocycles. The van der Waals surface area contributed by atoms with Gasteiger partial charge in [0.25, 0.3) is 5.91 Å². The number of carbonyl (C=O) groups is 2. The van der Waals surface area contributed by atoms with E-state index in [-0.39, 0.29) is 55.8 Å². The van der Waals surface area contributed by atoms with Gasteiger partial charge in [0.05, 0.1) is 25.5 Å². The van der Waals surface area contributed by atoms with Crippen LogP contribution < -0.4 is 15.5 Å². The first-order valence-corrected chi connectivity index (χ1v) is 12.2. The molecule has 2 fully saturated rings. The van der Waals surface area contributed by atoms with Gasteiger partial charge < -0.3 is 25.2 Å². The predicted molar refractivity (Wildman–Crippen MR) is 139 cm³/mol. The van der Waals surface area contributed by atoms with Gasteiger partial charge in [0, 0.05) is 58.6 Å². The Bertz CT molecular complexity index is 1290. The number of allylic oxidation sites excluding steroid dienone is 1. The van der Waals surface area contributed by atoms with E-state index in [2.05, 4.69) is 31.7 Å². The third kappa shape index (κ3) is 6.39. The van der Waals surface area contributed by atoms with E-state index < -0.39 is 24.4 Å². The van der Waals surface area contributed by atoms with Crippen molar-refractivity contribution in [2.24, 2.45) is 15.7 Å². The quantitative estimate of drug-likeness (QED) is 0.366. The van der Waals surface area contributed by atoms with Gasteiger partial charge in [-0.15, -0.1) is 0 Å². The second-order valence-corrected chi connectivity index (χ2v) is 8.85. The number of anilines is 2. The van der Waals surface area contributed by atoms with E-state index in [0.717, 1.165) is 4.57 Å². The van der Waals surface area contributed by atoms with Crippen LogP contribution in [-0.2, 0) is 20.9 Å². The molecule has 39 heavy (non-hydrogen) atoms. The molecule has 2 aliphatic heterocycles. The zero-order valence-electron chi connectivity index (χ0n) is 21.4. The predicted octanol–water partition coefficient (Wildman–Crippen LogP) is 0.491. The number of amides is 1. The molecule has 2 aromatic rings. The molecule has 0 aliphatic carbocycles. The number of aliphatic imine (C=N–C) groups is 2. The number of ketones is 1. The molecule has 0 bridgehead atoms. The summed E-state index contributed by atoms with van der Waals surface area (Å²) in [6.07, 6.45) is -1.85. The number of alkyl halides is 3. The number of morpholine rings is 1. The number of nitrogens with two attached hydrogens (primary N) is 1. The Labute approximate surface area is 221 Å². The molecule has 0 spiro atoms. The zero-order valence-corrected chi connectivity index (χ0v) is 21.4. The van der Waals surface area contributed by atoms with Gasteiger partial charge in [-0.2, -0.15) is 13.2 Å². The molecule has 13 nitrogen and oxygen atoms in total. The molecule has 0 radical (unpaired) electrons. The summed E-state index contributed by atoms with van der Waals surface area (Å²) in [6.45, 7) is 5.67. The number of halogens is 3. The lowest BCUT2D eigenvalue weighted by atomic mass is 10.2.